The van der Waals surface area contributed by atoms with Gasteiger partial charge in [-0.05, 0) is 86.9 Å². The highest BCUT2D eigenvalue weighted by Crippen LogP contribution is 2.40. The van der Waals surface area contributed by atoms with Crippen molar-refractivity contribution in [1.82, 2.24) is 40.4 Å². The Morgan fingerprint density at radius 3 is 2.47 bits per heavy atom. The lowest BCUT2D eigenvalue weighted by Gasteiger charge is -2.28. The van der Waals surface area contributed by atoms with Crippen molar-refractivity contribution in [2.45, 2.75) is 104 Å². The van der Waals surface area contributed by atoms with Gasteiger partial charge >= 0.3 is 0 Å². The van der Waals surface area contributed by atoms with Crippen molar-refractivity contribution in [2.75, 3.05) is 19.7 Å². The van der Waals surface area contributed by atoms with E-state index >= 15 is 0 Å². The van der Waals surface area contributed by atoms with Crippen LogP contribution >= 0.6 is 34.3 Å². The predicted octanol–water partition coefficient (Wildman–Crippen LogP) is 7.99. The number of aromatic nitrogens is 5. The lowest BCUT2D eigenvalue weighted by Crippen LogP contribution is -2.48. The van der Waals surface area contributed by atoms with E-state index in [1.165, 1.54) is 9.78 Å². The van der Waals surface area contributed by atoms with Gasteiger partial charge in [-0.2, -0.15) is 0 Å². The molecule has 3 amide bonds. The molecule has 18 heteroatoms. The maximum atomic E-state index is 14.1. The number of β-amino-alcohol motifs (C(OH)–C–C–N with tert-alkyl or cyclic N) is 1. The van der Waals surface area contributed by atoms with Gasteiger partial charge in [0.05, 0.1) is 40.9 Å². The minimum absolute atomic E-state index is 0.0407. The zero-order valence-electron chi connectivity index (χ0n) is 37.8. The summed E-state index contributed by atoms with van der Waals surface area (Å²) in [5.74, 6) is 0.239. The predicted molar refractivity (Wildman–Crippen MR) is 255 cm³/mol. The number of thiazole rings is 1. The van der Waals surface area contributed by atoms with Crippen LogP contribution in [-0.4, -0.2) is 90.2 Å². The van der Waals surface area contributed by atoms with Crippen LogP contribution < -0.4 is 15.4 Å². The van der Waals surface area contributed by atoms with E-state index in [0.29, 0.717) is 36.2 Å². The number of aliphatic imine (C=N–C) groups is 1. The number of hydrogen-bond donors (Lipinski definition) is 3. The zero-order chi connectivity index (χ0) is 46.6. The van der Waals surface area contributed by atoms with Gasteiger partial charge < -0.3 is 29.9 Å². The number of fused-ring (bicyclic) bond motifs is 3. The van der Waals surface area contributed by atoms with Crippen molar-refractivity contribution in [3.8, 4) is 21.3 Å². The van der Waals surface area contributed by atoms with Crippen LogP contribution in [0.25, 0.3) is 15.4 Å². The van der Waals surface area contributed by atoms with Gasteiger partial charge in [-0.15, -0.1) is 32.9 Å². The van der Waals surface area contributed by atoms with Crippen molar-refractivity contribution >= 4 is 57.7 Å². The number of benzene rings is 2. The average molecular weight is 953 g/mol. The van der Waals surface area contributed by atoms with Gasteiger partial charge in [-0.1, -0.05) is 61.8 Å². The fourth-order valence-electron chi connectivity index (χ4n) is 8.56. The number of thiophene rings is 1. The quantitative estimate of drug-likeness (QED) is 0.0756. The minimum Gasteiger partial charge on any atom is -0.476 e. The lowest BCUT2D eigenvalue weighted by molar-refractivity contribution is -0.141. The highest BCUT2D eigenvalue weighted by Gasteiger charge is 2.43. The summed E-state index contributed by atoms with van der Waals surface area (Å²) in [6, 6.07) is 15.8. The molecule has 1 fully saturated rings. The van der Waals surface area contributed by atoms with E-state index in [1.807, 2.05) is 86.3 Å². The Hall–Kier alpha value is -5.75. The first-order valence-electron chi connectivity index (χ1n) is 22.3. The van der Waals surface area contributed by atoms with E-state index in [9.17, 15) is 19.5 Å². The summed E-state index contributed by atoms with van der Waals surface area (Å²) in [5.41, 5.74) is 8.63. The number of nitrogens with one attached hydrogen (secondary N) is 2. The molecule has 8 rings (SSSR count). The smallest absolute Gasteiger partial charge is 0.254 e. The van der Waals surface area contributed by atoms with Gasteiger partial charge in [0.2, 0.25) is 17.7 Å². The number of nitrogens with zero attached hydrogens (tertiary/aromatic N) is 7. The molecule has 4 aromatic heterocycles. The maximum Gasteiger partial charge on any atom is 0.254 e. The first kappa shape index (κ1) is 46.8. The molecule has 4 atom stereocenters. The van der Waals surface area contributed by atoms with Crippen LogP contribution in [0, 0.1) is 33.6 Å². The molecule has 1 saturated heterocycles. The number of rotatable bonds is 17. The third kappa shape index (κ3) is 10.1. The fourth-order valence-corrected chi connectivity index (χ4v) is 10.7. The van der Waals surface area contributed by atoms with Crippen LogP contribution in [0.4, 0.5) is 0 Å². The molecular formula is C48H54ClN9O6S2. The minimum atomic E-state index is -0.831. The Bertz CT molecular complexity index is 2720. The third-order valence-corrected chi connectivity index (χ3v) is 14.6. The van der Waals surface area contributed by atoms with Crippen molar-refractivity contribution in [3.63, 3.8) is 0 Å². The number of ether oxygens (including phenoxy) is 1. The lowest BCUT2D eigenvalue weighted by atomic mass is 9.91. The Labute approximate surface area is 396 Å². The molecule has 0 aliphatic carbocycles. The Kier molecular flexibility index (Phi) is 14.5. The van der Waals surface area contributed by atoms with E-state index in [2.05, 4.69) is 44.8 Å². The van der Waals surface area contributed by atoms with Gasteiger partial charge in [0, 0.05) is 53.1 Å². The molecule has 2 aromatic carbocycles. The average Bonchev–Trinajstić information content (AvgIpc) is 4.14. The Balaban J connectivity index is 0.808. The van der Waals surface area contributed by atoms with Crippen molar-refractivity contribution in [1.29, 1.82) is 0 Å². The van der Waals surface area contributed by atoms with E-state index < -0.39 is 24.1 Å². The molecule has 0 bridgehead atoms. The second-order valence-corrected chi connectivity index (χ2v) is 19.7. The van der Waals surface area contributed by atoms with Gasteiger partial charge in [-0.25, -0.2) is 4.98 Å². The summed E-state index contributed by atoms with van der Waals surface area (Å²) >= 11 is 9.50. The fraction of sp³-hybridized carbons (Fsp3) is 0.417. The number of halogens is 1. The molecule has 2 aliphatic heterocycles. The number of aryl methyl sites for hydroxylation is 3. The van der Waals surface area contributed by atoms with E-state index in [-0.39, 0.29) is 55.5 Å². The highest BCUT2D eigenvalue weighted by molar-refractivity contribution is 7.15. The Morgan fingerprint density at radius 1 is 0.985 bits per heavy atom. The molecule has 2 aliphatic rings. The topological polar surface area (TPSA) is 190 Å². The molecule has 0 unspecified atom stereocenters. The first-order valence-corrected chi connectivity index (χ1v) is 24.3. The zero-order valence-corrected chi connectivity index (χ0v) is 40.2. The summed E-state index contributed by atoms with van der Waals surface area (Å²) < 4.78 is 13.6. The molecule has 0 spiro atoms. The van der Waals surface area contributed by atoms with Crippen LogP contribution in [0.5, 0.6) is 5.88 Å². The molecule has 346 valence electrons. The molecule has 6 aromatic rings. The SMILES string of the molecule is Cc1ncsc1-c1ccc(CNC(=O)[C@@H]2C[C@@H](O)CN2C(=O)[C@H](c2cc(OCCCCCNC(=O)C[C@@H]3N=C(c4ccc(Cl)cc4)c4c(sc(C)c4C)-n4c(C)nnc43)no2)C(C)C)cc1. The number of carbonyl (C=O) groups is 3. The molecule has 66 heavy (non-hydrogen) atoms. The van der Waals surface area contributed by atoms with E-state index in [1.54, 1.807) is 28.7 Å². The maximum absolute atomic E-state index is 14.1. The summed E-state index contributed by atoms with van der Waals surface area (Å²) in [5, 5.41) is 31.3. The van der Waals surface area contributed by atoms with Crippen LogP contribution in [0.3, 0.4) is 0 Å². The number of amides is 3. The highest BCUT2D eigenvalue weighted by atomic mass is 35.5. The van der Waals surface area contributed by atoms with E-state index in [4.69, 9.17) is 25.9 Å². The molecule has 0 radical (unpaired) electrons. The molecule has 15 nitrogen and oxygen atoms in total. The van der Waals surface area contributed by atoms with E-state index in [0.717, 1.165) is 67.8 Å². The third-order valence-electron chi connectivity index (χ3n) is 12.2. The van der Waals surface area contributed by atoms with Crippen molar-refractivity contribution in [2.24, 2.45) is 10.9 Å². The number of likely N-dealkylation sites (tertiary alicyclic amines) is 1. The van der Waals surface area contributed by atoms with Crippen LogP contribution in [0.1, 0.15) is 108 Å². The van der Waals surface area contributed by atoms with Crippen molar-refractivity contribution < 1.29 is 28.8 Å². The van der Waals surface area contributed by atoms with Crippen molar-refractivity contribution in [3.05, 3.63) is 115 Å². The first-order chi connectivity index (χ1) is 31.8. The van der Waals surface area contributed by atoms with Crippen LogP contribution in [0.2, 0.25) is 5.02 Å². The number of aliphatic hydroxyl groups is 1. The number of carbonyl (C=O) groups excluding carboxylic acids is 3. The number of hydrogen-bond acceptors (Lipinski definition) is 13. The van der Waals surface area contributed by atoms with Gasteiger partial charge in [0.25, 0.3) is 5.88 Å². The van der Waals surface area contributed by atoms with Crippen LogP contribution in [0.15, 0.2) is 69.6 Å². The largest absolute Gasteiger partial charge is 0.476 e. The summed E-state index contributed by atoms with van der Waals surface area (Å²) in [6.07, 6.45) is 1.63. The standard InChI is InChI=1S/C48H54ClN9O6S2/c1-26(2)41(47(62)57-24-35(59)20-37(57)46(61)51-23-31-10-12-33(13-11-31)44-28(4)52-25-65-44)38-22-40(56-64-38)63-19-9-7-8-18-50-39(60)21-36-45-55-54-30(6)58(45)48-42(27(3)29(5)66-48)43(53-36)32-14-16-34(49)17-15-32/h10-17,22,25-26,35-37,41,59H,7-9,18-21,23-24H2,1-6H3,(H,50,60)(H,51,61)/t35-,36+,37+,41+/m1/s1. The number of aliphatic hydroxyl groups excluding tert-OH is 1. The monoisotopic (exact) mass is 951 g/mol. The second kappa shape index (κ2) is 20.4. The Morgan fingerprint density at radius 2 is 1.74 bits per heavy atom. The molecule has 0 saturated carbocycles. The van der Waals surface area contributed by atoms with Crippen LogP contribution in [-0.2, 0) is 20.9 Å². The number of unbranched alkanes of at least 4 members (excludes halogenated alkanes) is 2. The summed E-state index contributed by atoms with van der Waals surface area (Å²) in [6.45, 7) is 13.0. The van der Waals surface area contributed by atoms with Gasteiger partial charge in [0.15, 0.2) is 11.6 Å². The molecule has 6 heterocycles. The normalized spacial score (nSPS) is 17.3. The summed E-state index contributed by atoms with van der Waals surface area (Å²) in [7, 11) is 0. The summed E-state index contributed by atoms with van der Waals surface area (Å²) in [4.78, 5) is 54.3. The molecule has 3 N–H and O–H groups in total. The van der Waals surface area contributed by atoms with Gasteiger partial charge in [0.1, 0.15) is 28.8 Å². The second-order valence-electron chi connectivity index (χ2n) is 17.2. The molecular weight excluding hydrogens is 898 g/mol. The van der Waals surface area contributed by atoms with Gasteiger partial charge in [-0.3, -0.25) is 23.9 Å².